The van der Waals surface area contributed by atoms with Crippen molar-refractivity contribution in [2.45, 2.75) is 19.4 Å². The molecular weight excluding hydrogens is 396 g/mol. The van der Waals surface area contributed by atoms with E-state index in [0.717, 1.165) is 16.8 Å². The molecule has 0 radical (unpaired) electrons. The van der Waals surface area contributed by atoms with Crippen molar-refractivity contribution >= 4 is 23.9 Å². The highest BCUT2D eigenvalue weighted by Gasteiger charge is 2.35. The van der Waals surface area contributed by atoms with Crippen molar-refractivity contribution in [3.8, 4) is 0 Å². The van der Waals surface area contributed by atoms with Gasteiger partial charge in [0, 0.05) is 12.0 Å². The molecule has 1 amide bonds. The normalized spacial score (nSPS) is 15.5. The molecule has 31 heavy (non-hydrogen) atoms. The molecule has 1 atom stereocenters. The maximum Gasteiger partial charge on any atom is 0.338 e. The number of rotatable bonds is 6. The maximum absolute atomic E-state index is 12.9. The first kappa shape index (κ1) is 20.3. The molecule has 1 aromatic heterocycles. The molecule has 4 rings (SSSR count). The number of furan rings is 1. The summed E-state index contributed by atoms with van der Waals surface area (Å²) in [6, 6.07) is 17.0. The van der Waals surface area contributed by atoms with Crippen LogP contribution in [-0.2, 0) is 9.53 Å². The van der Waals surface area contributed by atoms with E-state index in [1.807, 2.05) is 31.2 Å². The van der Waals surface area contributed by atoms with Crippen molar-refractivity contribution in [1.29, 1.82) is 0 Å². The SMILES string of the molecule is Cc1ccc(C2=NN(C(=O)COC(=O)c3ccc(C=O)cc3)[C@H](c3ccco3)C2)cc1. The summed E-state index contributed by atoms with van der Waals surface area (Å²) in [4.78, 5) is 35.9. The Labute approximate surface area is 178 Å². The van der Waals surface area contributed by atoms with Gasteiger partial charge < -0.3 is 9.15 Å². The van der Waals surface area contributed by atoms with E-state index >= 15 is 0 Å². The number of carbonyl (C=O) groups excluding carboxylic acids is 3. The third kappa shape index (κ3) is 4.45. The fraction of sp³-hybridized carbons (Fsp3) is 0.167. The topological polar surface area (TPSA) is 89.2 Å². The van der Waals surface area contributed by atoms with Gasteiger partial charge in [-0.25, -0.2) is 9.80 Å². The Hall–Kier alpha value is -4.00. The summed E-state index contributed by atoms with van der Waals surface area (Å²) in [7, 11) is 0. The Morgan fingerprint density at radius 3 is 2.52 bits per heavy atom. The Kier molecular flexibility index (Phi) is 5.75. The van der Waals surface area contributed by atoms with Crippen LogP contribution < -0.4 is 0 Å². The first-order chi connectivity index (χ1) is 15.0. The number of carbonyl (C=O) groups is 3. The van der Waals surface area contributed by atoms with Crippen LogP contribution in [0.25, 0.3) is 0 Å². The van der Waals surface area contributed by atoms with Gasteiger partial charge in [-0.3, -0.25) is 9.59 Å². The fourth-order valence-electron chi connectivity index (χ4n) is 3.34. The average Bonchev–Trinajstić information content (AvgIpc) is 3.48. The summed E-state index contributed by atoms with van der Waals surface area (Å²) in [5.41, 5.74) is 3.51. The zero-order chi connectivity index (χ0) is 21.8. The highest BCUT2D eigenvalue weighted by Crippen LogP contribution is 2.33. The van der Waals surface area contributed by atoms with Crippen LogP contribution in [0.15, 0.2) is 76.4 Å². The predicted molar refractivity (Wildman–Crippen MR) is 113 cm³/mol. The summed E-state index contributed by atoms with van der Waals surface area (Å²) in [5.74, 6) is -0.501. The van der Waals surface area contributed by atoms with Crippen LogP contribution in [0.3, 0.4) is 0 Å². The molecule has 0 saturated carbocycles. The monoisotopic (exact) mass is 416 g/mol. The molecule has 2 aromatic carbocycles. The van der Waals surface area contributed by atoms with Crippen LogP contribution >= 0.6 is 0 Å². The van der Waals surface area contributed by atoms with E-state index in [-0.39, 0.29) is 5.56 Å². The lowest BCUT2D eigenvalue weighted by Gasteiger charge is -2.19. The molecule has 2 heterocycles. The van der Waals surface area contributed by atoms with Gasteiger partial charge in [-0.15, -0.1) is 0 Å². The molecule has 0 aliphatic carbocycles. The molecule has 3 aromatic rings. The Balaban J connectivity index is 1.49. The number of ether oxygens (including phenoxy) is 1. The number of aryl methyl sites for hydroxylation is 1. The Morgan fingerprint density at radius 1 is 1.13 bits per heavy atom. The van der Waals surface area contributed by atoms with Gasteiger partial charge >= 0.3 is 5.97 Å². The number of hydrogen-bond donors (Lipinski definition) is 0. The number of esters is 1. The van der Waals surface area contributed by atoms with Crippen molar-refractivity contribution in [2.24, 2.45) is 5.10 Å². The second kappa shape index (κ2) is 8.79. The quantitative estimate of drug-likeness (QED) is 0.449. The number of hydrazone groups is 1. The van der Waals surface area contributed by atoms with Crippen molar-refractivity contribution in [1.82, 2.24) is 5.01 Å². The molecule has 0 N–H and O–H groups in total. The van der Waals surface area contributed by atoms with Crippen molar-refractivity contribution < 1.29 is 23.5 Å². The zero-order valence-corrected chi connectivity index (χ0v) is 16.9. The van der Waals surface area contributed by atoms with Gasteiger partial charge in [-0.1, -0.05) is 42.0 Å². The van der Waals surface area contributed by atoms with E-state index in [0.29, 0.717) is 24.0 Å². The summed E-state index contributed by atoms with van der Waals surface area (Å²) in [6.45, 7) is 1.54. The van der Waals surface area contributed by atoms with E-state index in [9.17, 15) is 14.4 Å². The zero-order valence-electron chi connectivity index (χ0n) is 16.9. The molecule has 0 bridgehead atoms. The van der Waals surface area contributed by atoms with E-state index in [4.69, 9.17) is 9.15 Å². The number of amides is 1. The lowest BCUT2D eigenvalue weighted by atomic mass is 10.0. The fourth-order valence-corrected chi connectivity index (χ4v) is 3.34. The van der Waals surface area contributed by atoms with Gasteiger partial charge in [0.1, 0.15) is 18.1 Å². The molecule has 0 fully saturated rings. The third-order valence-corrected chi connectivity index (χ3v) is 5.03. The van der Waals surface area contributed by atoms with Gasteiger partial charge in [0.2, 0.25) is 0 Å². The molecule has 1 aliphatic heterocycles. The van der Waals surface area contributed by atoms with Crippen LogP contribution in [-0.4, -0.2) is 35.5 Å². The third-order valence-electron chi connectivity index (χ3n) is 5.03. The van der Waals surface area contributed by atoms with Crippen molar-refractivity contribution in [3.05, 3.63) is 94.9 Å². The van der Waals surface area contributed by atoms with Crippen LogP contribution in [0.2, 0.25) is 0 Å². The van der Waals surface area contributed by atoms with Gasteiger partial charge in [0.25, 0.3) is 5.91 Å². The highest BCUT2D eigenvalue weighted by atomic mass is 16.5. The number of nitrogens with zero attached hydrogens (tertiary/aromatic N) is 2. The van der Waals surface area contributed by atoms with Crippen LogP contribution in [0, 0.1) is 6.92 Å². The first-order valence-electron chi connectivity index (χ1n) is 9.77. The summed E-state index contributed by atoms with van der Waals surface area (Å²) in [5, 5.41) is 5.83. The van der Waals surface area contributed by atoms with Crippen LogP contribution in [0.1, 0.15) is 50.1 Å². The van der Waals surface area contributed by atoms with E-state index in [2.05, 4.69) is 5.10 Å². The number of hydrogen-bond acceptors (Lipinski definition) is 6. The van der Waals surface area contributed by atoms with Gasteiger partial charge in [-0.05, 0) is 36.8 Å². The minimum Gasteiger partial charge on any atom is -0.467 e. The van der Waals surface area contributed by atoms with Crippen molar-refractivity contribution in [2.75, 3.05) is 6.61 Å². The summed E-state index contributed by atoms with van der Waals surface area (Å²) < 4.78 is 10.7. The second-order valence-electron chi connectivity index (χ2n) is 7.20. The second-order valence-corrected chi connectivity index (χ2v) is 7.20. The molecule has 7 heteroatoms. The van der Waals surface area contributed by atoms with Gasteiger partial charge in [0.05, 0.1) is 17.5 Å². The van der Waals surface area contributed by atoms with E-state index in [1.165, 1.54) is 29.3 Å². The molecule has 0 unspecified atom stereocenters. The molecule has 0 saturated heterocycles. The molecule has 156 valence electrons. The minimum absolute atomic E-state index is 0.256. The molecular formula is C24H20N2O5. The lowest BCUT2D eigenvalue weighted by Crippen LogP contribution is -2.31. The van der Waals surface area contributed by atoms with Crippen molar-refractivity contribution in [3.63, 3.8) is 0 Å². The van der Waals surface area contributed by atoms with Gasteiger partial charge in [-0.2, -0.15) is 5.10 Å². The average molecular weight is 416 g/mol. The highest BCUT2D eigenvalue weighted by molar-refractivity contribution is 6.03. The Bertz CT molecular complexity index is 1120. The lowest BCUT2D eigenvalue weighted by molar-refractivity contribution is -0.136. The number of aldehydes is 1. The summed E-state index contributed by atoms with van der Waals surface area (Å²) in [6.07, 6.45) is 2.72. The molecule has 0 spiro atoms. The predicted octanol–water partition coefficient (Wildman–Crippen LogP) is 3.94. The minimum atomic E-state index is -0.651. The Morgan fingerprint density at radius 2 is 1.87 bits per heavy atom. The standard InChI is InChI=1S/C24H20N2O5/c1-16-4-8-18(9-5-16)20-13-21(22-3-2-12-30-22)26(25-20)23(28)15-31-24(29)19-10-6-17(14-27)7-11-19/h2-12,14,21H,13,15H2,1H3/t21-/m0/s1. The largest absolute Gasteiger partial charge is 0.467 e. The van der Waals surface area contributed by atoms with Crippen LogP contribution in [0.5, 0.6) is 0 Å². The van der Waals surface area contributed by atoms with Gasteiger partial charge in [0.15, 0.2) is 6.61 Å². The molecule has 7 nitrogen and oxygen atoms in total. The number of benzene rings is 2. The van der Waals surface area contributed by atoms with E-state index in [1.54, 1.807) is 18.4 Å². The maximum atomic E-state index is 12.9. The summed E-state index contributed by atoms with van der Waals surface area (Å²) >= 11 is 0. The smallest absolute Gasteiger partial charge is 0.338 e. The van der Waals surface area contributed by atoms with Crippen LogP contribution in [0.4, 0.5) is 0 Å². The first-order valence-corrected chi connectivity index (χ1v) is 9.77. The van der Waals surface area contributed by atoms with E-state index < -0.39 is 24.5 Å². The molecule has 1 aliphatic rings.